The number of benzene rings is 1. The zero-order valence-electron chi connectivity index (χ0n) is 11.0. The molecule has 1 aliphatic rings. The zero-order chi connectivity index (χ0) is 13.9. The van der Waals surface area contributed by atoms with Crippen molar-refractivity contribution in [3.8, 4) is 0 Å². The Kier molecular flexibility index (Phi) is 3.52. The molecule has 2 aromatic rings. The molecule has 0 bridgehead atoms. The number of aromatic nitrogens is 1. The van der Waals surface area contributed by atoms with Gasteiger partial charge in [0.1, 0.15) is 0 Å². The van der Waals surface area contributed by atoms with Crippen LogP contribution in [0.25, 0.3) is 10.9 Å². The highest BCUT2D eigenvalue weighted by Crippen LogP contribution is 2.18. The molecule has 1 fully saturated rings. The molecule has 1 aromatic carbocycles. The van der Waals surface area contributed by atoms with E-state index in [1.165, 1.54) is 0 Å². The minimum absolute atomic E-state index is 0.0368. The lowest BCUT2D eigenvalue weighted by Gasteiger charge is -2.09. The fourth-order valence-corrected chi connectivity index (χ4v) is 2.47. The lowest BCUT2D eigenvalue weighted by atomic mass is 10.1. The van der Waals surface area contributed by atoms with Crippen molar-refractivity contribution in [2.24, 2.45) is 0 Å². The maximum absolute atomic E-state index is 12.2. The van der Waals surface area contributed by atoms with Gasteiger partial charge in [-0.05, 0) is 18.9 Å². The number of carbonyl (C=O) groups excluding carboxylic acids is 2. The van der Waals surface area contributed by atoms with Crippen molar-refractivity contribution >= 4 is 22.6 Å². The lowest BCUT2D eigenvalue weighted by molar-refractivity contribution is -0.117. The van der Waals surface area contributed by atoms with Gasteiger partial charge in [-0.15, -0.1) is 0 Å². The van der Waals surface area contributed by atoms with Crippen molar-refractivity contribution in [3.05, 3.63) is 36.0 Å². The Morgan fingerprint density at radius 2 is 2.20 bits per heavy atom. The minimum atomic E-state index is -0.578. The van der Waals surface area contributed by atoms with Gasteiger partial charge >= 0.3 is 0 Å². The van der Waals surface area contributed by atoms with E-state index in [9.17, 15) is 9.59 Å². The van der Waals surface area contributed by atoms with Gasteiger partial charge in [-0.3, -0.25) is 9.59 Å². The number of aromatic amines is 1. The molecule has 1 aliphatic heterocycles. The second-order valence-electron chi connectivity index (χ2n) is 4.92. The van der Waals surface area contributed by atoms with Crippen LogP contribution >= 0.6 is 0 Å². The van der Waals surface area contributed by atoms with Crippen molar-refractivity contribution in [2.75, 3.05) is 13.2 Å². The SMILES string of the molecule is O=C(NC[C@@H]1CCCO1)C(=O)c1c[nH]c2ccccc12. The van der Waals surface area contributed by atoms with E-state index in [2.05, 4.69) is 10.3 Å². The van der Waals surface area contributed by atoms with Gasteiger partial charge in [-0.2, -0.15) is 0 Å². The molecule has 2 heterocycles. The molecule has 0 unspecified atom stereocenters. The van der Waals surface area contributed by atoms with E-state index in [0.29, 0.717) is 12.1 Å². The number of hydrogen-bond acceptors (Lipinski definition) is 3. The van der Waals surface area contributed by atoms with Gasteiger partial charge in [0.05, 0.1) is 11.7 Å². The number of H-pyrrole nitrogens is 1. The van der Waals surface area contributed by atoms with Crippen molar-refractivity contribution in [2.45, 2.75) is 18.9 Å². The molecule has 0 spiro atoms. The minimum Gasteiger partial charge on any atom is -0.376 e. The summed E-state index contributed by atoms with van der Waals surface area (Å²) in [4.78, 5) is 27.1. The van der Waals surface area contributed by atoms with Crippen LogP contribution in [0.2, 0.25) is 0 Å². The summed E-state index contributed by atoms with van der Waals surface area (Å²) in [6.45, 7) is 1.13. The Hall–Kier alpha value is -2.14. The van der Waals surface area contributed by atoms with E-state index in [0.717, 1.165) is 30.4 Å². The zero-order valence-corrected chi connectivity index (χ0v) is 11.0. The summed E-state index contributed by atoms with van der Waals surface area (Å²) in [5.41, 5.74) is 1.26. The summed E-state index contributed by atoms with van der Waals surface area (Å²) < 4.78 is 5.41. The summed E-state index contributed by atoms with van der Waals surface area (Å²) in [6, 6.07) is 7.42. The van der Waals surface area contributed by atoms with E-state index >= 15 is 0 Å². The molecule has 1 amide bonds. The molecule has 1 aromatic heterocycles. The second kappa shape index (κ2) is 5.46. The highest BCUT2D eigenvalue weighted by molar-refractivity contribution is 6.44. The third-order valence-corrected chi connectivity index (χ3v) is 3.55. The maximum atomic E-state index is 12.2. The fraction of sp³-hybridized carbons (Fsp3) is 0.333. The van der Waals surface area contributed by atoms with Crippen LogP contribution in [0.15, 0.2) is 30.5 Å². The number of para-hydroxylation sites is 1. The van der Waals surface area contributed by atoms with Crippen LogP contribution < -0.4 is 5.32 Å². The molecule has 1 atom stereocenters. The van der Waals surface area contributed by atoms with Crippen LogP contribution in [-0.4, -0.2) is 35.9 Å². The van der Waals surface area contributed by atoms with Gasteiger partial charge in [0.2, 0.25) is 0 Å². The Morgan fingerprint density at radius 1 is 1.35 bits per heavy atom. The third-order valence-electron chi connectivity index (χ3n) is 3.55. The van der Waals surface area contributed by atoms with Crippen molar-refractivity contribution in [1.82, 2.24) is 10.3 Å². The first kappa shape index (κ1) is 12.9. The molecule has 2 N–H and O–H groups in total. The van der Waals surface area contributed by atoms with Crippen LogP contribution in [-0.2, 0) is 9.53 Å². The maximum Gasteiger partial charge on any atom is 0.292 e. The number of Topliss-reactive ketones (excluding diaryl/α,β-unsaturated/α-hetero) is 1. The molecule has 5 nitrogen and oxygen atoms in total. The first-order valence-electron chi connectivity index (χ1n) is 6.76. The molecule has 104 valence electrons. The standard InChI is InChI=1S/C15H16N2O3/c18-14(15(19)17-8-10-4-3-7-20-10)12-9-16-13-6-2-1-5-11(12)13/h1-2,5-6,9-10,16H,3-4,7-8H2,(H,17,19)/t10-/m0/s1. The second-order valence-corrected chi connectivity index (χ2v) is 4.92. The fourth-order valence-electron chi connectivity index (χ4n) is 2.47. The smallest absolute Gasteiger partial charge is 0.292 e. The highest BCUT2D eigenvalue weighted by atomic mass is 16.5. The lowest BCUT2D eigenvalue weighted by Crippen LogP contribution is -2.36. The number of rotatable bonds is 4. The van der Waals surface area contributed by atoms with Gasteiger partial charge in [-0.1, -0.05) is 18.2 Å². The summed E-state index contributed by atoms with van der Waals surface area (Å²) in [5, 5.41) is 3.42. The van der Waals surface area contributed by atoms with Crippen LogP contribution in [0, 0.1) is 0 Å². The Balaban J connectivity index is 1.69. The van der Waals surface area contributed by atoms with E-state index in [-0.39, 0.29) is 6.10 Å². The van der Waals surface area contributed by atoms with E-state index in [1.54, 1.807) is 6.20 Å². The van der Waals surface area contributed by atoms with Crippen molar-refractivity contribution < 1.29 is 14.3 Å². The third kappa shape index (κ3) is 2.44. The molecule has 0 saturated carbocycles. The predicted octanol–water partition coefficient (Wildman–Crippen LogP) is 1.65. The van der Waals surface area contributed by atoms with Crippen LogP contribution in [0.3, 0.4) is 0 Å². The Labute approximate surface area is 116 Å². The summed E-state index contributed by atoms with van der Waals surface area (Å²) >= 11 is 0. The monoisotopic (exact) mass is 272 g/mol. The number of fused-ring (bicyclic) bond motifs is 1. The normalized spacial score (nSPS) is 18.3. The number of hydrogen-bond donors (Lipinski definition) is 2. The van der Waals surface area contributed by atoms with Crippen molar-refractivity contribution in [1.29, 1.82) is 0 Å². The van der Waals surface area contributed by atoms with Crippen LogP contribution in [0.1, 0.15) is 23.2 Å². The number of ketones is 1. The Morgan fingerprint density at radius 3 is 3.00 bits per heavy atom. The van der Waals surface area contributed by atoms with Gasteiger partial charge in [-0.25, -0.2) is 0 Å². The topological polar surface area (TPSA) is 71.2 Å². The van der Waals surface area contributed by atoms with E-state index < -0.39 is 11.7 Å². The molecular formula is C15H16N2O3. The molecule has 20 heavy (non-hydrogen) atoms. The number of carbonyl (C=O) groups is 2. The van der Waals surface area contributed by atoms with E-state index in [1.807, 2.05) is 24.3 Å². The van der Waals surface area contributed by atoms with Gasteiger partial charge in [0, 0.05) is 30.3 Å². The van der Waals surface area contributed by atoms with Crippen LogP contribution in [0.5, 0.6) is 0 Å². The largest absolute Gasteiger partial charge is 0.376 e. The number of amides is 1. The number of nitrogens with one attached hydrogen (secondary N) is 2. The first-order valence-corrected chi connectivity index (χ1v) is 6.76. The Bertz CT molecular complexity index is 641. The first-order chi connectivity index (χ1) is 9.75. The molecule has 0 radical (unpaired) electrons. The summed E-state index contributed by atoms with van der Waals surface area (Å²) in [7, 11) is 0. The summed E-state index contributed by atoms with van der Waals surface area (Å²) in [5.74, 6) is -1.09. The molecule has 1 saturated heterocycles. The van der Waals surface area contributed by atoms with Crippen LogP contribution in [0.4, 0.5) is 0 Å². The molecule has 0 aliphatic carbocycles. The average Bonchev–Trinajstić information content (AvgIpc) is 3.13. The molecule has 3 rings (SSSR count). The molecule has 5 heteroatoms. The summed E-state index contributed by atoms with van der Waals surface area (Å²) in [6.07, 6.45) is 3.56. The molecular weight excluding hydrogens is 256 g/mol. The predicted molar refractivity (Wildman–Crippen MR) is 74.6 cm³/mol. The van der Waals surface area contributed by atoms with E-state index in [4.69, 9.17) is 4.74 Å². The average molecular weight is 272 g/mol. The highest BCUT2D eigenvalue weighted by Gasteiger charge is 2.22. The van der Waals surface area contributed by atoms with Gasteiger partial charge < -0.3 is 15.0 Å². The van der Waals surface area contributed by atoms with Gasteiger partial charge in [0.25, 0.3) is 11.7 Å². The van der Waals surface area contributed by atoms with Crippen molar-refractivity contribution in [3.63, 3.8) is 0 Å². The quantitative estimate of drug-likeness (QED) is 0.656. The number of ether oxygens (including phenoxy) is 1. The van der Waals surface area contributed by atoms with Gasteiger partial charge in [0.15, 0.2) is 0 Å².